The smallest absolute Gasteiger partial charge is 0.134 e. The fraction of sp³-hybridized carbons (Fsp3) is 0.750. The van der Waals surface area contributed by atoms with Gasteiger partial charge in [-0.3, -0.25) is 0 Å². The molecule has 2 rings (SSSR count). The summed E-state index contributed by atoms with van der Waals surface area (Å²) >= 11 is 0. The molecule has 0 bridgehead atoms. The highest BCUT2D eigenvalue weighted by Crippen LogP contribution is 2.25. The zero-order valence-electron chi connectivity index (χ0n) is 13.1. The first-order chi connectivity index (χ1) is 9.70. The molecule has 1 aliphatic carbocycles. The molecule has 1 saturated carbocycles. The average Bonchev–Trinajstić information content (AvgIpc) is 2.47. The van der Waals surface area contributed by atoms with Gasteiger partial charge in [0, 0.05) is 18.7 Å². The fourth-order valence-corrected chi connectivity index (χ4v) is 2.85. The van der Waals surface area contributed by atoms with Crippen LogP contribution in [0.5, 0.6) is 0 Å². The summed E-state index contributed by atoms with van der Waals surface area (Å²) in [5, 5.41) is 6.94. The average molecular weight is 276 g/mol. The molecule has 0 aliphatic heterocycles. The van der Waals surface area contributed by atoms with E-state index in [9.17, 15) is 0 Å². The van der Waals surface area contributed by atoms with Crippen LogP contribution in [0.3, 0.4) is 0 Å². The molecule has 0 unspecified atom stereocenters. The Balaban J connectivity index is 2.00. The van der Waals surface area contributed by atoms with Crippen molar-refractivity contribution in [2.75, 3.05) is 23.7 Å². The van der Waals surface area contributed by atoms with Crippen LogP contribution in [0.2, 0.25) is 0 Å². The monoisotopic (exact) mass is 276 g/mol. The van der Waals surface area contributed by atoms with Gasteiger partial charge in [-0.2, -0.15) is 0 Å². The summed E-state index contributed by atoms with van der Waals surface area (Å²) in [6, 6.07) is 0. The van der Waals surface area contributed by atoms with E-state index in [0.717, 1.165) is 48.5 Å². The number of aromatic nitrogens is 2. The summed E-state index contributed by atoms with van der Waals surface area (Å²) in [6.07, 6.45) is 8.00. The Kier molecular flexibility index (Phi) is 5.62. The van der Waals surface area contributed by atoms with Crippen molar-refractivity contribution < 1.29 is 0 Å². The van der Waals surface area contributed by atoms with Crippen LogP contribution in [0.15, 0.2) is 0 Å². The van der Waals surface area contributed by atoms with Crippen LogP contribution in [-0.2, 0) is 0 Å². The number of nitrogens with zero attached hydrogens (tertiary/aromatic N) is 2. The Labute approximate surface area is 122 Å². The number of rotatable bonds is 6. The normalized spacial score (nSPS) is 16.1. The van der Waals surface area contributed by atoms with Crippen LogP contribution in [0, 0.1) is 19.8 Å². The van der Waals surface area contributed by atoms with Gasteiger partial charge in [-0.15, -0.1) is 0 Å². The van der Waals surface area contributed by atoms with Crippen LogP contribution in [0.25, 0.3) is 0 Å². The van der Waals surface area contributed by atoms with Gasteiger partial charge in [0.25, 0.3) is 0 Å². The largest absolute Gasteiger partial charge is 0.370 e. The zero-order valence-corrected chi connectivity index (χ0v) is 13.1. The van der Waals surface area contributed by atoms with Gasteiger partial charge in [0.1, 0.15) is 17.5 Å². The fourth-order valence-electron chi connectivity index (χ4n) is 2.85. The molecule has 0 radical (unpaired) electrons. The third-order valence-electron chi connectivity index (χ3n) is 4.08. The molecule has 0 spiro atoms. The van der Waals surface area contributed by atoms with E-state index in [1.165, 1.54) is 32.1 Å². The van der Waals surface area contributed by atoms with Crippen molar-refractivity contribution >= 4 is 11.6 Å². The molecule has 0 atom stereocenters. The molecule has 4 nitrogen and oxygen atoms in total. The van der Waals surface area contributed by atoms with Crippen LogP contribution in [-0.4, -0.2) is 23.1 Å². The summed E-state index contributed by atoms with van der Waals surface area (Å²) in [5.74, 6) is 3.62. The minimum Gasteiger partial charge on any atom is -0.370 e. The molecular formula is C16H28N4. The second kappa shape index (κ2) is 7.46. The van der Waals surface area contributed by atoms with Gasteiger partial charge >= 0.3 is 0 Å². The van der Waals surface area contributed by atoms with Gasteiger partial charge in [-0.05, 0) is 39.0 Å². The molecule has 0 saturated heterocycles. The SMILES string of the molecule is CCCNc1nc(C)nc(NCC2CCCCC2)c1C. The van der Waals surface area contributed by atoms with Crippen molar-refractivity contribution in [3.63, 3.8) is 0 Å². The van der Waals surface area contributed by atoms with E-state index in [-0.39, 0.29) is 0 Å². The van der Waals surface area contributed by atoms with Crippen molar-refractivity contribution in [2.24, 2.45) is 5.92 Å². The molecular weight excluding hydrogens is 248 g/mol. The van der Waals surface area contributed by atoms with E-state index in [4.69, 9.17) is 0 Å². The summed E-state index contributed by atoms with van der Waals surface area (Å²) in [6.45, 7) is 8.23. The first-order valence-corrected chi connectivity index (χ1v) is 8.03. The molecule has 1 aliphatic rings. The number of anilines is 2. The minimum atomic E-state index is 0.811. The molecule has 1 aromatic rings. The van der Waals surface area contributed by atoms with Gasteiger partial charge in [0.15, 0.2) is 0 Å². The van der Waals surface area contributed by atoms with E-state index in [2.05, 4.69) is 34.4 Å². The highest BCUT2D eigenvalue weighted by atomic mass is 15.1. The first kappa shape index (κ1) is 15.1. The summed E-state index contributed by atoms with van der Waals surface area (Å²) < 4.78 is 0. The molecule has 20 heavy (non-hydrogen) atoms. The predicted octanol–water partition coefficient (Wildman–Crippen LogP) is 3.91. The number of nitrogens with one attached hydrogen (secondary N) is 2. The van der Waals surface area contributed by atoms with Gasteiger partial charge in [0.2, 0.25) is 0 Å². The number of hydrogen-bond donors (Lipinski definition) is 2. The second-order valence-corrected chi connectivity index (χ2v) is 5.90. The maximum absolute atomic E-state index is 4.56. The lowest BCUT2D eigenvalue weighted by molar-refractivity contribution is 0.373. The Morgan fingerprint density at radius 1 is 1.00 bits per heavy atom. The summed E-state index contributed by atoms with van der Waals surface area (Å²) in [5.41, 5.74) is 1.14. The molecule has 1 fully saturated rings. The molecule has 1 heterocycles. The Morgan fingerprint density at radius 3 is 2.30 bits per heavy atom. The number of aryl methyl sites for hydroxylation is 1. The Hall–Kier alpha value is -1.32. The van der Waals surface area contributed by atoms with Crippen LogP contribution < -0.4 is 10.6 Å². The third-order valence-corrected chi connectivity index (χ3v) is 4.08. The first-order valence-electron chi connectivity index (χ1n) is 8.03. The molecule has 4 heteroatoms. The molecule has 2 N–H and O–H groups in total. The summed E-state index contributed by atoms with van der Waals surface area (Å²) in [4.78, 5) is 9.07. The molecule has 1 aromatic heterocycles. The van der Waals surface area contributed by atoms with Crippen LogP contribution in [0.1, 0.15) is 56.8 Å². The zero-order chi connectivity index (χ0) is 14.4. The predicted molar refractivity (Wildman–Crippen MR) is 85.4 cm³/mol. The minimum absolute atomic E-state index is 0.811. The number of hydrogen-bond acceptors (Lipinski definition) is 4. The van der Waals surface area contributed by atoms with E-state index >= 15 is 0 Å². The highest BCUT2D eigenvalue weighted by molar-refractivity contribution is 5.57. The molecule has 0 aromatic carbocycles. The summed E-state index contributed by atoms with van der Waals surface area (Å²) in [7, 11) is 0. The van der Waals surface area contributed by atoms with Gasteiger partial charge in [-0.1, -0.05) is 26.2 Å². The van der Waals surface area contributed by atoms with Gasteiger partial charge in [-0.25, -0.2) is 9.97 Å². The highest BCUT2D eigenvalue weighted by Gasteiger charge is 2.15. The van der Waals surface area contributed by atoms with Crippen molar-refractivity contribution in [3.05, 3.63) is 11.4 Å². The maximum Gasteiger partial charge on any atom is 0.134 e. The van der Waals surface area contributed by atoms with E-state index in [1.807, 2.05) is 6.92 Å². The van der Waals surface area contributed by atoms with Crippen molar-refractivity contribution in [1.29, 1.82) is 0 Å². The second-order valence-electron chi connectivity index (χ2n) is 5.90. The Morgan fingerprint density at radius 2 is 1.65 bits per heavy atom. The van der Waals surface area contributed by atoms with Gasteiger partial charge < -0.3 is 10.6 Å². The standard InChI is InChI=1S/C16H28N4/c1-4-10-17-15-12(2)16(20-13(3)19-15)18-11-14-8-6-5-7-9-14/h14H,4-11H2,1-3H3,(H2,17,18,19,20). The van der Waals surface area contributed by atoms with E-state index < -0.39 is 0 Å². The molecule has 112 valence electrons. The lowest BCUT2D eigenvalue weighted by atomic mass is 9.89. The van der Waals surface area contributed by atoms with E-state index in [0.29, 0.717) is 0 Å². The van der Waals surface area contributed by atoms with E-state index in [1.54, 1.807) is 0 Å². The van der Waals surface area contributed by atoms with Gasteiger partial charge in [0.05, 0.1) is 0 Å². The van der Waals surface area contributed by atoms with Crippen LogP contribution >= 0.6 is 0 Å². The topological polar surface area (TPSA) is 49.8 Å². The Bertz CT molecular complexity index is 425. The molecule has 0 amide bonds. The van der Waals surface area contributed by atoms with Crippen molar-refractivity contribution in [3.8, 4) is 0 Å². The van der Waals surface area contributed by atoms with Crippen molar-refractivity contribution in [2.45, 2.75) is 59.3 Å². The maximum atomic E-state index is 4.56. The van der Waals surface area contributed by atoms with Crippen molar-refractivity contribution in [1.82, 2.24) is 9.97 Å². The lowest BCUT2D eigenvalue weighted by Gasteiger charge is -2.23. The quantitative estimate of drug-likeness (QED) is 0.827. The lowest BCUT2D eigenvalue weighted by Crippen LogP contribution is -2.19. The third kappa shape index (κ3) is 4.09. The van der Waals surface area contributed by atoms with Crippen LogP contribution in [0.4, 0.5) is 11.6 Å².